The lowest BCUT2D eigenvalue weighted by Gasteiger charge is -2.27. The lowest BCUT2D eigenvalue weighted by Crippen LogP contribution is -2.10. The van der Waals surface area contributed by atoms with Gasteiger partial charge in [-0.3, -0.25) is 0 Å². The number of rotatable bonds is 6. The van der Waals surface area contributed by atoms with Gasteiger partial charge in [0, 0.05) is 54.0 Å². The minimum Gasteiger partial charge on any atom is -0.456 e. The number of nitrogens with zero attached hydrogens (tertiary/aromatic N) is 2. The zero-order valence-corrected chi connectivity index (χ0v) is 25.7. The van der Waals surface area contributed by atoms with Crippen LogP contribution >= 0.6 is 11.3 Å². The van der Waals surface area contributed by atoms with Crippen LogP contribution in [0.4, 0.5) is 34.1 Å². The number of fused-ring (bicyclic) bond motifs is 6. The Bertz CT molecular complexity index is 2440. The average molecular weight is 609 g/mol. The van der Waals surface area contributed by atoms with E-state index in [4.69, 9.17) is 4.42 Å². The van der Waals surface area contributed by atoms with E-state index >= 15 is 0 Å². The van der Waals surface area contributed by atoms with Gasteiger partial charge in [0.15, 0.2) is 0 Å². The topological polar surface area (TPSA) is 19.6 Å². The third-order valence-electron chi connectivity index (χ3n) is 8.62. The fourth-order valence-corrected chi connectivity index (χ4v) is 7.67. The number of hydrogen-bond donors (Lipinski definition) is 0. The largest absolute Gasteiger partial charge is 0.456 e. The molecule has 0 aliphatic heterocycles. The average Bonchev–Trinajstić information content (AvgIpc) is 3.68. The number of anilines is 6. The van der Waals surface area contributed by atoms with Crippen LogP contribution in [0.5, 0.6) is 0 Å². The third kappa shape index (κ3) is 4.42. The van der Waals surface area contributed by atoms with E-state index < -0.39 is 0 Å². The van der Waals surface area contributed by atoms with E-state index in [0.717, 1.165) is 56.1 Å². The highest BCUT2D eigenvalue weighted by atomic mass is 32.1. The van der Waals surface area contributed by atoms with Gasteiger partial charge in [0.2, 0.25) is 0 Å². The summed E-state index contributed by atoms with van der Waals surface area (Å²) in [6.07, 6.45) is 0. The zero-order chi connectivity index (χ0) is 30.5. The van der Waals surface area contributed by atoms with Crippen LogP contribution in [0.15, 0.2) is 174 Å². The second-order valence-electron chi connectivity index (χ2n) is 11.4. The van der Waals surface area contributed by atoms with Crippen molar-refractivity contribution in [2.75, 3.05) is 9.80 Å². The summed E-state index contributed by atoms with van der Waals surface area (Å²) >= 11 is 1.84. The molecule has 9 rings (SSSR count). The van der Waals surface area contributed by atoms with E-state index in [1.54, 1.807) is 0 Å². The molecule has 0 aliphatic rings. The Balaban J connectivity index is 1.27. The first-order valence-electron chi connectivity index (χ1n) is 15.4. The molecule has 0 saturated carbocycles. The number of furan rings is 1. The Morgan fingerprint density at radius 2 is 0.935 bits per heavy atom. The molecule has 0 atom stereocenters. The molecule has 0 spiro atoms. The van der Waals surface area contributed by atoms with Gasteiger partial charge in [-0.15, -0.1) is 11.3 Å². The summed E-state index contributed by atoms with van der Waals surface area (Å²) in [5, 5.41) is 4.72. The summed E-state index contributed by atoms with van der Waals surface area (Å²) in [4.78, 5) is 4.66. The minimum atomic E-state index is 0.860. The molecule has 2 heterocycles. The summed E-state index contributed by atoms with van der Waals surface area (Å²) in [6.45, 7) is 0. The molecule has 0 radical (unpaired) electrons. The van der Waals surface area contributed by atoms with Crippen LogP contribution in [0.2, 0.25) is 0 Å². The molecule has 7 aromatic carbocycles. The molecule has 0 fully saturated rings. The summed E-state index contributed by atoms with van der Waals surface area (Å²) in [6, 6.07) is 60.1. The standard InChI is InChI=1S/C42H28N2OS/c1-4-13-29(14-5-1)43(33-24-26-41-35(27-33)34-19-10-11-22-40(34)46-41)32-23-25-38-36(28-32)42-37(20-12-21-39(42)45-38)44(30-15-6-2-7-16-30)31-17-8-3-9-18-31/h1-28H. The maximum Gasteiger partial charge on any atom is 0.137 e. The van der Waals surface area contributed by atoms with Gasteiger partial charge in [-0.2, -0.15) is 0 Å². The molecule has 218 valence electrons. The molecule has 0 N–H and O–H groups in total. The second-order valence-corrected chi connectivity index (χ2v) is 12.5. The minimum absolute atomic E-state index is 0.860. The van der Waals surface area contributed by atoms with Crippen LogP contribution in [0.25, 0.3) is 42.1 Å². The first kappa shape index (κ1) is 26.6. The third-order valence-corrected chi connectivity index (χ3v) is 9.77. The Morgan fingerprint density at radius 3 is 1.63 bits per heavy atom. The highest BCUT2D eigenvalue weighted by molar-refractivity contribution is 7.25. The maximum atomic E-state index is 6.51. The smallest absolute Gasteiger partial charge is 0.137 e. The molecule has 0 amide bonds. The lowest BCUT2D eigenvalue weighted by molar-refractivity contribution is 0.669. The van der Waals surface area contributed by atoms with Gasteiger partial charge < -0.3 is 14.2 Å². The van der Waals surface area contributed by atoms with E-state index in [2.05, 4.69) is 180 Å². The van der Waals surface area contributed by atoms with Crippen molar-refractivity contribution in [1.29, 1.82) is 0 Å². The molecule has 4 heteroatoms. The Kier molecular flexibility index (Phi) is 6.32. The van der Waals surface area contributed by atoms with Crippen molar-refractivity contribution in [3.8, 4) is 0 Å². The summed E-state index contributed by atoms with van der Waals surface area (Å²) < 4.78 is 9.11. The Labute approximate surface area is 270 Å². The van der Waals surface area contributed by atoms with Gasteiger partial charge in [0.25, 0.3) is 0 Å². The fourth-order valence-electron chi connectivity index (χ4n) is 6.58. The number of para-hydroxylation sites is 3. The van der Waals surface area contributed by atoms with Crippen molar-refractivity contribution in [1.82, 2.24) is 0 Å². The van der Waals surface area contributed by atoms with Crippen molar-refractivity contribution in [2.24, 2.45) is 0 Å². The van der Waals surface area contributed by atoms with E-state index in [0.29, 0.717) is 0 Å². The van der Waals surface area contributed by atoms with Crippen LogP contribution in [0.1, 0.15) is 0 Å². The van der Waals surface area contributed by atoms with E-state index in [-0.39, 0.29) is 0 Å². The molecule has 3 nitrogen and oxygen atoms in total. The highest BCUT2D eigenvalue weighted by Crippen LogP contribution is 2.45. The van der Waals surface area contributed by atoms with Crippen molar-refractivity contribution in [3.05, 3.63) is 170 Å². The van der Waals surface area contributed by atoms with E-state index in [1.807, 2.05) is 11.3 Å². The SMILES string of the molecule is c1ccc(N(c2ccc3sc4ccccc4c3c2)c2ccc3oc4cccc(N(c5ccccc5)c5ccccc5)c4c3c2)cc1. The summed E-state index contributed by atoms with van der Waals surface area (Å²) in [5.41, 5.74) is 8.26. The fraction of sp³-hybridized carbons (Fsp3) is 0. The van der Waals surface area contributed by atoms with Crippen molar-refractivity contribution in [3.63, 3.8) is 0 Å². The Hall–Kier alpha value is -5.84. The van der Waals surface area contributed by atoms with Gasteiger partial charge in [-0.05, 0) is 91.0 Å². The molecule has 0 saturated heterocycles. The summed E-state index contributed by atoms with van der Waals surface area (Å²) in [5.74, 6) is 0. The number of hydrogen-bond acceptors (Lipinski definition) is 4. The molecule has 0 bridgehead atoms. The quantitative estimate of drug-likeness (QED) is 0.187. The predicted molar refractivity (Wildman–Crippen MR) is 196 cm³/mol. The molecule has 2 aromatic heterocycles. The van der Waals surface area contributed by atoms with Crippen LogP contribution in [0, 0.1) is 0 Å². The molecule has 0 aliphatic carbocycles. The van der Waals surface area contributed by atoms with Crippen LogP contribution in [0.3, 0.4) is 0 Å². The van der Waals surface area contributed by atoms with Crippen LogP contribution in [-0.4, -0.2) is 0 Å². The highest BCUT2D eigenvalue weighted by Gasteiger charge is 2.21. The van der Waals surface area contributed by atoms with Gasteiger partial charge >= 0.3 is 0 Å². The number of benzene rings is 7. The van der Waals surface area contributed by atoms with Gasteiger partial charge in [0.05, 0.1) is 11.1 Å². The summed E-state index contributed by atoms with van der Waals surface area (Å²) in [7, 11) is 0. The van der Waals surface area contributed by atoms with Crippen molar-refractivity contribution < 1.29 is 4.42 Å². The van der Waals surface area contributed by atoms with Gasteiger partial charge in [-0.25, -0.2) is 0 Å². The molecule has 46 heavy (non-hydrogen) atoms. The number of thiophene rings is 1. The first-order chi connectivity index (χ1) is 22.8. The zero-order valence-electron chi connectivity index (χ0n) is 24.9. The van der Waals surface area contributed by atoms with Crippen molar-refractivity contribution in [2.45, 2.75) is 0 Å². The molecular weight excluding hydrogens is 581 g/mol. The molecule has 9 aromatic rings. The van der Waals surface area contributed by atoms with Crippen LogP contribution < -0.4 is 9.80 Å². The van der Waals surface area contributed by atoms with Gasteiger partial charge in [0.1, 0.15) is 11.2 Å². The van der Waals surface area contributed by atoms with Crippen molar-refractivity contribution >= 4 is 87.6 Å². The predicted octanol–water partition coefficient (Wildman–Crippen LogP) is 12.9. The monoisotopic (exact) mass is 608 g/mol. The van der Waals surface area contributed by atoms with Gasteiger partial charge in [-0.1, -0.05) is 78.9 Å². The molecule has 0 unspecified atom stereocenters. The first-order valence-corrected chi connectivity index (χ1v) is 16.3. The second kappa shape index (κ2) is 11.0. The lowest BCUT2D eigenvalue weighted by atomic mass is 10.1. The Morgan fingerprint density at radius 1 is 0.370 bits per heavy atom. The molecular formula is C42H28N2OS. The van der Waals surface area contributed by atoms with E-state index in [1.165, 1.54) is 20.2 Å². The van der Waals surface area contributed by atoms with E-state index in [9.17, 15) is 0 Å². The van der Waals surface area contributed by atoms with Crippen LogP contribution in [-0.2, 0) is 0 Å². The maximum absolute atomic E-state index is 6.51. The normalized spacial score (nSPS) is 11.5.